The van der Waals surface area contributed by atoms with Crippen molar-refractivity contribution in [3.63, 3.8) is 0 Å². The molecule has 0 aliphatic carbocycles. The number of phenols is 1. The number of hydrogen-bond donors (Lipinski definition) is 2. The number of phenolic OH excluding ortho intramolecular Hbond substituents is 1. The van der Waals surface area contributed by atoms with Crippen molar-refractivity contribution in [2.45, 2.75) is 6.92 Å². The van der Waals surface area contributed by atoms with Crippen LogP contribution in [0.25, 0.3) is 0 Å². The molecule has 0 aliphatic rings. The largest absolute Gasteiger partial charge is 0.502 e. The first-order chi connectivity index (χ1) is 9.47. The average molecular weight is 273 g/mol. The standard InChI is InChI=1S/C13H11N3O4/c1-8-3-2-4-12(14-8)15-13(18)9-5-6-10(16(19)20)11(17)7-9/h2-7,17H,1H3,(H,14,15,18). The Kier molecular flexibility index (Phi) is 3.60. The quantitative estimate of drug-likeness (QED) is 0.659. The molecule has 0 radical (unpaired) electrons. The summed E-state index contributed by atoms with van der Waals surface area (Å²) < 4.78 is 0. The van der Waals surface area contributed by atoms with Gasteiger partial charge in [-0.05, 0) is 31.2 Å². The molecule has 20 heavy (non-hydrogen) atoms. The third-order valence-electron chi connectivity index (χ3n) is 2.56. The molecular formula is C13H11N3O4. The number of nitrogens with one attached hydrogen (secondary N) is 1. The van der Waals surface area contributed by atoms with Gasteiger partial charge < -0.3 is 10.4 Å². The Morgan fingerprint density at radius 2 is 2.10 bits per heavy atom. The molecule has 2 aromatic rings. The van der Waals surface area contributed by atoms with Crippen LogP contribution in [0.15, 0.2) is 36.4 Å². The van der Waals surface area contributed by atoms with Crippen LogP contribution >= 0.6 is 0 Å². The maximum atomic E-state index is 11.9. The van der Waals surface area contributed by atoms with Crippen LogP contribution < -0.4 is 5.32 Å². The number of benzene rings is 1. The van der Waals surface area contributed by atoms with Gasteiger partial charge in [0.2, 0.25) is 0 Å². The van der Waals surface area contributed by atoms with Crippen LogP contribution in [-0.2, 0) is 0 Å². The molecule has 0 bridgehead atoms. The second kappa shape index (κ2) is 5.35. The molecule has 7 heteroatoms. The van der Waals surface area contributed by atoms with E-state index in [9.17, 15) is 20.0 Å². The Morgan fingerprint density at radius 1 is 1.35 bits per heavy atom. The molecule has 7 nitrogen and oxygen atoms in total. The predicted molar refractivity (Wildman–Crippen MR) is 71.7 cm³/mol. The van der Waals surface area contributed by atoms with Gasteiger partial charge in [0, 0.05) is 17.3 Å². The lowest BCUT2D eigenvalue weighted by Gasteiger charge is -2.05. The lowest BCUT2D eigenvalue weighted by molar-refractivity contribution is -0.385. The highest BCUT2D eigenvalue weighted by Gasteiger charge is 2.16. The van der Waals surface area contributed by atoms with Crippen molar-refractivity contribution < 1.29 is 14.8 Å². The van der Waals surface area contributed by atoms with E-state index in [1.165, 1.54) is 6.07 Å². The van der Waals surface area contributed by atoms with Crippen molar-refractivity contribution >= 4 is 17.4 Å². The Bertz CT molecular complexity index is 685. The van der Waals surface area contributed by atoms with E-state index in [1.54, 1.807) is 25.1 Å². The Labute approximate surface area is 114 Å². The number of aromatic nitrogens is 1. The number of pyridine rings is 1. The van der Waals surface area contributed by atoms with E-state index in [-0.39, 0.29) is 5.56 Å². The maximum absolute atomic E-state index is 11.9. The lowest BCUT2D eigenvalue weighted by atomic mass is 10.2. The first kappa shape index (κ1) is 13.5. The van der Waals surface area contributed by atoms with Crippen LogP contribution in [0.5, 0.6) is 5.75 Å². The molecule has 0 aliphatic heterocycles. The van der Waals surface area contributed by atoms with Crippen LogP contribution in [0.4, 0.5) is 11.5 Å². The highest BCUT2D eigenvalue weighted by molar-refractivity contribution is 6.04. The number of nitro benzene ring substituents is 1. The topological polar surface area (TPSA) is 105 Å². The number of aromatic hydroxyl groups is 1. The highest BCUT2D eigenvalue weighted by Crippen LogP contribution is 2.26. The number of hydrogen-bond acceptors (Lipinski definition) is 5. The number of aryl methyl sites for hydroxylation is 1. The van der Waals surface area contributed by atoms with E-state index >= 15 is 0 Å². The number of nitrogens with zero attached hydrogens (tertiary/aromatic N) is 2. The van der Waals surface area contributed by atoms with Gasteiger partial charge in [-0.3, -0.25) is 14.9 Å². The summed E-state index contributed by atoms with van der Waals surface area (Å²) in [5, 5.41) is 22.6. The van der Waals surface area contributed by atoms with Crippen LogP contribution in [0, 0.1) is 17.0 Å². The Morgan fingerprint density at radius 3 is 2.70 bits per heavy atom. The summed E-state index contributed by atoms with van der Waals surface area (Å²) in [5.41, 5.74) is 0.404. The highest BCUT2D eigenvalue weighted by atomic mass is 16.6. The van der Waals surface area contributed by atoms with Crippen molar-refractivity contribution in [3.05, 3.63) is 57.8 Å². The summed E-state index contributed by atoms with van der Waals surface area (Å²) in [4.78, 5) is 25.9. The van der Waals surface area contributed by atoms with Gasteiger partial charge in [-0.25, -0.2) is 4.98 Å². The molecule has 1 aromatic heterocycles. The molecule has 102 valence electrons. The van der Waals surface area contributed by atoms with E-state index in [2.05, 4.69) is 10.3 Å². The zero-order chi connectivity index (χ0) is 14.7. The van der Waals surface area contributed by atoms with Gasteiger partial charge in [-0.15, -0.1) is 0 Å². The number of carbonyl (C=O) groups excluding carboxylic acids is 1. The minimum absolute atomic E-state index is 0.108. The predicted octanol–water partition coefficient (Wildman–Crippen LogP) is 2.26. The maximum Gasteiger partial charge on any atom is 0.310 e. The molecule has 0 atom stereocenters. The van der Waals surface area contributed by atoms with Crippen molar-refractivity contribution in [1.82, 2.24) is 4.98 Å². The summed E-state index contributed by atoms with van der Waals surface area (Å²) in [6.45, 7) is 1.79. The molecule has 1 aromatic carbocycles. The first-order valence-electron chi connectivity index (χ1n) is 5.70. The minimum Gasteiger partial charge on any atom is -0.502 e. The summed E-state index contributed by atoms with van der Waals surface area (Å²) in [6, 6.07) is 8.54. The second-order valence-electron chi connectivity index (χ2n) is 4.08. The van der Waals surface area contributed by atoms with Gasteiger partial charge in [0.25, 0.3) is 5.91 Å². The Balaban J connectivity index is 2.22. The van der Waals surface area contributed by atoms with Gasteiger partial charge in [-0.2, -0.15) is 0 Å². The molecular weight excluding hydrogens is 262 g/mol. The molecule has 2 rings (SSSR count). The van der Waals surface area contributed by atoms with Gasteiger partial charge >= 0.3 is 5.69 Å². The van der Waals surface area contributed by atoms with Gasteiger partial charge in [0.15, 0.2) is 5.75 Å². The van der Waals surface area contributed by atoms with Crippen molar-refractivity contribution in [1.29, 1.82) is 0 Å². The minimum atomic E-state index is -0.723. The zero-order valence-electron chi connectivity index (χ0n) is 10.5. The molecule has 0 saturated carbocycles. The summed E-state index contributed by atoms with van der Waals surface area (Å²) in [7, 11) is 0. The fourth-order valence-corrected chi connectivity index (χ4v) is 1.62. The smallest absolute Gasteiger partial charge is 0.310 e. The number of amides is 1. The number of anilines is 1. The molecule has 1 heterocycles. The van der Waals surface area contributed by atoms with E-state index in [1.807, 2.05) is 0 Å². The average Bonchev–Trinajstić information content (AvgIpc) is 2.38. The van der Waals surface area contributed by atoms with Crippen LogP contribution in [-0.4, -0.2) is 20.9 Å². The third kappa shape index (κ3) is 2.89. The molecule has 0 unspecified atom stereocenters. The SMILES string of the molecule is Cc1cccc(NC(=O)c2ccc([N+](=O)[O-])c(O)c2)n1. The molecule has 0 saturated heterocycles. The fourth-order valence-electron chi connectivity index (χ4n) is 1.62. The second-order valence-corrected chi connectivity index (χ2v) is 4.08. The van der Waals surface area contributed by atoms with Crippen molar-refractivity contribution in [2.75, 3.05) is 5.32 Å². The van der Waals surface area contributed by atoms with Gasteiger partial charge in [-0.1, -0.05) is 6.07 Å². The van der Waals surface area contributed by atoms with Gasteiger partial charge in [0.05, 0.1) is 4.92 Å². The zero-order valence-corrected chi connectivity index (χ0v) is 10.5. The van der Waals surface area contributed by atoms with E-state index in [0.29, 0.717) is 5.82 Å². The first-order valence-corrected chi connectivity index (χ1v) is 5.70. The normalized spacial score (nSPS) is 10.1. The van der Waals surface area contributed by atoms with Crippen molar-refractivity contribution in [3.8, 4) is 5.75 Å². The van der Waals surface area contributed by atoms with Crippen LogP contribution in [0.2, 0.25) is 0 Å². The summed E-state index contributed by atoms with van der Waals surface area (Å²) in [6.07, 6.45) is 0. The monoisotopic (exact) mass is 273 g/mol. The number of nitro groups is 1. The lowest BCUT2D eigenvalue weighted by Crippen LogP contribution is -2.13. The Hall–Kier alpha value is -2.96. The van der Waals surface area contributed by atoms with Gasteiger partial charge in [0.1, 0.15) is 5.82 Å². The number of rotatable bonds is 3. The number of carbonyl (C=O) groups is 1. The van der Waals surface area contributed by atoms with E-state index in [0.717, 1.165) is 17.8 Å². The van der Waals surface area contributed by atoms with Crippen LogP contribution in [0.1, 0.15) is 16.1 Å². The molecule has 0 fully saturated rings. The van der Waals surface area contributed by atoms with Crippen LogP contribution in [0.3, 0.4) is 0 Å². The van der Waals surface area contributed by atoms with E-state index in [4.69, 9.17) is 0 Å². The summed E-state index contributed by atoms with van der Waals surface area (Å²) >= 11 is 0. The summed E-state index contributed by atoms with van der Waals surface area (Å²) in [5.74, 6) is -0.694. The fraction of sp³-hybridized carbons (Fsp3) is 0.0769. The molecule has 2 N–H and O–H groups in total. The molecule has 0 spiro atoms. The van der Waals surface area contributed by atoms with Crippen molar-refractivity contribution in [2.24, 2.45) is 0 Å². The van der Waals surface area contributed by atoms with E-state index < -0.39 is 22.3 Å². The third-order valence-corrected chi connectivity index (χ3v) is 2.56. The molecule has 1 amide bonds.